The summed E-state index contributed by atoms with van der Waals surface area (Å²) in [6.07, 6.45) is 0. The van der Waals surface area contributed by atoms with Crippen LogP contribution in [-0.4, -0.2) is 5.97 Å². The van der Waals surface area contributed by atoms with E-state index in [9.17, 15) is 26.7 Å². The van der Waals surface area contributed by atoms with E-state index in [4.69, 9.17) is 6.57 Å². The highest BCUT2D eigenvalue weighted by atomic mass is 19.2. The molecule has 0 radical (unpaired) electrons. The van der Waals surface area contributed by atoms with Gasteiger partial charge in [-0.2, -0.15) is 8.78 Å². The zero-order chi connectivity index (χ0) is 17.3. The fourth-order valence-electron chi connectivity index (χ4n) is 1.73. The van der Waals surface area contributed by atoms with E-state index < -0.39 is 40.8 Å². The van der Waals surface area contributed by atoms with Gasteiger partial charge < -0.3 is 4.74 Å². The molecule has 2 aromatic rings. The molecular weight excluding hydrogens is 321 g/mol. The van der Waals surface area contributed by atoms with Crippen molar-refractivity contribution in [2.24, 2.45) is 0 Å². The summed E-state index contributed by atoms with van der Waals surface area (Å²) in [6, 6.07) is 3.59. The van der Waals surface area contributed by atoms with Crippen molar-refractivity contribution in [3.63, 3.8) is 0 Å². The number of halogens is 5. The highest BCUT2D eigenvalue weighted by Crippen LogP contribution is 2.30. The lowest BCUT2D eigenvalue weighted by atomic mass is 10.1. The summed E-state index contributed by atoms with van der Waals surface area (Å²) in [5.74, 6) is -14.3. The highest BCUT2D eigenvalue weighted by molar-refractivity contribution is 5.92. The summed E-state index contributed by atoms with van der Waals surface area (Å²) >= 11 is 0. The smallest absolute Gasteiger partial charge is 0.343 e. The summed E-state index contributed by atoms with van der Waals surface area (Å²) in [5, 5.41) is 0. The van der Waals surface area contributed by atoms with Crippen LogP contribution >= 0.6 is 0 Å². The minimum absolute atomic E-state index is 0.209. The molecule has 0 heterocycles. The maximum Gasteiger partial charge on any atom is 0.343 e. The lowest BCUT2D eigenvalue weighted by molar-refractivity contribution is 0.0716. The van der Waals surface area contributed by atoms with Crippen LogP contribution in [0.2, 0.25) is 0 Å². The van der Waals surface area contributed by atoms with Crippen molar-refractivity contribution < 1.29 is 31.5 Å². The van der Waals surface area contributed by atoms with Crippen LogP contribution in [0, 0.1) is 42.6 Å². The van der Waals surface area contributed by atoms with E-state index in [-0.39, 0.29) is 11.3 Å². The zero-order valence-corrected chi connectivity index (χ0v) is 11.4. The van der Waals surface area contributed by atoms with E-state index in [0.29, 0.717) is 5.56 Å². The van der Waals surface area contributed by atoms with Crippen LogP contribution in [0.4, 0.5) is 27.6 Å². The maximum atomic E-state index is 13.4. The maximum absolute atomic E-state index is 13.4. The number of nitrogens with zero attached hydrogens (tertiary/aromatic N) is 1. The van der Waals surface area contributed by atoms with Crippen LogP contribution in [0.5, 0.6) is 5.75 Å². The lowest BCUT2D eigenvalue weighted by Crippen LogP contribution is -2.13. The molecule has 0 bridgehead atoms. The Morgan fingerprint density at radius 2 is 1.52 bits per heavy atom. The third-order valence-electron chi connectivity index (χ3n) is 2.92. The van der Waals surface area contributed by atoms with Gasteiger partial charge in [0.1, 0.15) is 0 Å². The second-order valence-corrected chi connectivity index (χ2v) is 4.40. The van der Waals surface area contributed by atoms with Gasteiger partial charge in [0, 0.05) is 0 Å². The molecule has 0 aliphatic carbocycles. The van der Waals surface area contributed by atoms with Gasteiger partial charge in [-0.1, -0.05) is 18.2 Å². The van der Waals surface area contributed by atoms with Gasteiger partial charge in [0.2, 0.25) is 34.8 Å². The molecular formula is C15H6F5NO2. The first-order valence-corrected chi connectivity index (χ1v) is 5.99. The Morgan fingerprint density at radius 1 is 1.00 bits per heavy atom. The predicted molar refractivity (Wildman–Crippen MR) is 68.6 cm³/mol. The third-order valence-corrected chi connectivity index (χ3v) is 2.92. The van der Waals surface area contributed by atoms with Crippen LogP contribution in [-0.2, 0) is 0 Å². The number of rotatable bonds is 2. The predicted octanol–water partition coefficient (Wildman–Crippen LogP) is 4.46. The molecule has 118 valence electrons. The van der Waals surface area contributed by atoms with Crippen molar-refractivity contribution >= 4 is 11.7 Å². The Bertz CT molecular complexity index is 829. The van der Waals surface area contributed by atoms with E-state index in [1.807, 2.05) is 0 Å². The SMILES string of the molecule is [C-]#[N+]c1ccc(C(=O)Oc2c(F)c(F)c(F)c(F)c2F)cc1C. The number of esters is 1. The van der Waals surface area contributed by atoms with Gasteiger partial charge >= 0.3 is 5.97 Å². The monoisotopic (exact) mass is 327 g/mol. The van der Waals surface area contributed by atoms with Crippen molar-refractivity contribution in [2.75, 3.05) is 0 Å². The summed E-state index contributed by atoms with van der Waals surface area (Å²) < 4.78 is 70.1. The fraction of sp³-hybridized carbons (Fsp3) is 0.0667. The molecule has 0 atom stereocenters. The largest absolute Gasteiger partial charge is 0.416 e. The van der Waals surface area contributed by atoms with Gasteiger partial charge in [0.05, 0.1) is 12.1 Å². The second-order valence-electron chi connectivity index (χ2n) is 4.40. The summed E-state index contributed by atoms with van der Waals surface area (Å²) in [7, 11) is 0. The first kappa shape index (κ1) is 16.4. The summed E-state index contributed by atoms with van der Waals surface area (Å²) in [6.45, 7) is 8.36. The van der Waals surface area contributed by atoms with E-state index in [1.165, 1.54) is 19.1 Å². The van der Waals surface area contributed by atoms with Crippen molar-refractivity contribution in [1.29, 1.82) is 0 Å². The van der Waals surface area contributed by atoms with Crippen LogP contribution in [0.1, 0.15) is 15.9 Å². The van der Waals surface area contributed by atoms with Gasteiger partial charge in [-0.05, 0) is 12.5 Å². The molecule has 0 fully saturated rings. The molecule has 0 amide bonds. The van der Waals surface area contributed by atoms with Crippen LogP contribution in [0.15, 0.2) is 18.2 Å². The van der Waals surface area contributed by atoms with Gasteiger partial charge in [0.25, 0.3) is 0 Å². The van der Waals surface area contributed by atoms with Crippen molar-refractivity contribution in [1.82, 2.24) is 0 Å². The molecule has 0 aliphatic rings. The average molecular weight is 327 g/mol. The minimum Gasteiger partial charge on any atom is -0.416 e. The van der Waals surface area contributed by atoms with Gasteiger partial charge in [0.15, 0.2) is 5.69 Å². The van der Waals surface area contributed by atoms with Crippen molar-refractivity contribution in [3.05, 3.63) is 69.8 Å². The third kappa shape index (κ3) is 2.85. The average Bonchev–Trinajstić information content (AvgIpc) is 2.54. The second kappa shape index (κ2) is 6.04. The van der Waals surface area contributed by atoms with Crippen molar-refractivity contribution in [3.8, 4) is 5.75 Å². The van der Waals surface area contributed by atoms with E-state index in [2.05, 4.69) is 9.58 Å². The molecule has 8 heteroatoms. The first-order chi connectivity index (χ1) is 10.8. The van der Waals surface area contributed by atoms with Gasteiger partial charge in [-0.15, -0.1) is 0 Å². The quantitative estimate of drug-likeness (QED) is 0.204. The number of carbonyl (C=O) groups excluding carboxylic acids is 1. The molecule has 3 nitrogen and oxygen atoms in total. The zero-order valence-electron chi connectivity index (χ0n) is 11.4. The Hall–Kier alpha value is -2.95. The molecule has 0 unspecified atom stereocenters. The minimum atomic E-state index is -2.35. The Kier molecular flexibility index (Phi) is 4.31. The molecule has 2 rings (SSSR count). The molecule has 0 aromatic heterocycles. The highest BCUT2D eigenvalue weighted by Gasteiger charge is 2.28. The van der Waals surface area contributed by atoms with Crippen LogP contribution in [0.25, 0.3) is 4.85 Å². The van der Waals surface area contributed by atoms with Crippen molar-refractivity contribution in [2.45, 2.75) is 6.92 Å². The van der Waals surface area contributed by atoms with E-state index in [0.717, 1.165) is 6.07 Å². The topological polar surface area (TPSA) is 30.7 Å². The van der Waals surface area contributed by atoms with E-state index >= 15 is 0 Å². The molecule has 2 aromatic carbocycles. The first-order valence-electron chi connectivity index (χ1n) is 5.99. The summed E-state index contributed by atoms with van der Waals surface area (Å²) in [5.41, 5.74) is 0.406. The molecule has 0 aliphatic heterocycles. The normalized spacial score (nSPS) is 10.3. The molecule has 0 saturated carbocycles. The fourth-order valence-corrected chi connectivity index (χ4v) is 1.73. The molecule has 23 heavy (non-hydrogen) atoms. The number of ether oxygens (including phenoxy) is 1. The number of aryl methyl sites for hydroxylation is 1. The number of hydrogen-bond acceptors (Lipinski definition) is 2. The Morgan fingerprint density at radius 3 is 2.00 bits per heavy atom. The molecule has 0 saturated heterocycles. The van der Waals surface area contributed by atoms with Crippen LogP contribution < -0.4 is 4.74 Å². The summed E-state index contributed by atoms with van der Waals surface area (Å²) in [4.78, 5) is 15.0. The lowest BCUT2D eigenvalue weighted by Gasteiger charge is -2.09. The molecule has 0 spiro atoms. The standard InChI is InChI=1S/C15H6F5NO2/c1-6-5-7(3-4-8(6)21-2)15(22)23-14-12(19)10(17)9(16)11(18)13(14)20/h3-5H,1H3. The number of benzene rings is 2. The Balaban J connectivity index is 2.42. The van der Waals surface area contributed by atoms with Crippen LogP contribution in [0.3, 0.4) is 0 Å². The Labute approximate surface area is 126 Å². The van der Waals surface area contributed by atoms with Gasteiger partial charge in [-0.25, -0.2) is 22.8 Å². The number of hydrogen-bond donors (Lipinski definition) is 0. The molecule has 0 N–H and O–H groups in total. The van der Waals surface area contributed by atoms with Gasteiger partial charge in [-0.3, -0.25) is 0 Å². The van der Waals surface area contributed by atoms with E-state index in [1.54, 1.807) is 0 Å². The number of carbonyl (C=O) groups is 1.